The fraction of sp³-hybridized carbons (Fsp3) is 0.235. The molecule has 2 N–H and O–H groups in total. The molecular weight excluding hydrogens is 347 g/mol. The fourth-order valence-electron chi connectivity index (χ4n) is 2.13. The van der Waals surface area contributed by atoms with E-state index in [0.29, 0.717) is 0 Å². The molecule has 8 heteroatoms. The number of hydrogen-bond donors (Lipinski definition) is 2. The molecule has 0 aromatic heterocycles. The number of rotatable bonds is 6. The molecular formula is C17H19FN2O4S. The average molecular weight is 366 g/mol. The fourth-order valence-corrected chi connectivity index (χ4v) is 3.22. The normalized spacial score (nSPS) is 11.2. The first-order valence-electron chi connectivity index (χ1n) is 7.51. The molecule has 0 unspecified atom stereocenters. The zero-order valence-electron chi connectivity index (χ0n) is 14.0. The van der Waals surface area contributed by atoms with Crippen molar-refractivity contribution in [1.82, 2.24) is 5.32 Å². The number of ether oxygens (including phenoxy) is 1. The van der Waals surface area contributed by atoms with E-state index in [1.54, 1.807) is 26.0 Å². The lowest BCUT2D eigenvalue weighted by Crippen LogP contribution is -2.31. The van der Waals surface area contributed by atoms with Crippen LogP contribution in [0.3, 0.4) is 0 Å². The van der Waals surface area contributed by atoms with Crippen LogP contribution in [0.25, 0.3) is 0 Å². The zero-order valence-corrected chi connectivity index (χ0v) is 14.9. The number of benzene rings is 2. The van der Waals surface area contributed by atoms with Crippen LogP contribution in [-0.2, 0) is 10.0 Å². The van der Waals surface area contributed by atoms with E-state index in [1.165, 1.54) is 31.4 Å². The lowest BCUT2D eigenvalue weighted by Gasteiger charge is -2.14. The Balaban J connectivity index is 2.35. The molecule has 0 spiro atoms. The number of hydrogen-bond acceptors (Lipinski definition) is 4. The highest BCUT2D eigenvalue weighted by Crippen LogP contribution is 2.24. The van der Waals surface area contributed by atoms with Gasteiger partial charge in [0.2, 0.25) is 0 Å². The number of methoxy groups -OCH3 is 1. The van der Waals surface area contributed by atoms with Crippen LogP contribution in [0.1, 0.15) is 24.2 Å². The predicted octanol–water partition coefficient (Wildman–Crippen LogP) is 2.77. The van der Waals surface area contributed by atoms with E-state index >= 15 is 0 Å². The standard InChI is InChI=1S/C17H19FN2O4S/c1-11(2)19-17(21)13-6-4-5-7-15(13)20-25(22,23)12-8-9-16(24-3)14(18)10-12/h4-11,20H,1-3H3,(H,19,21). The van der Waals surface area contributed by atoms with Crippen molar-refractivity contribution in [2.24, 2.45) is 0 Å². The van der Waals surface area contributed by atoms with Gasteiger partial charge in [0.25, 0.3) is 15.9 Å². The molecule has 134 valence electrons. The molecule has 0 aliphatic heterocycles. The van der Waals surface area contributed by atoms with Crippen molar-refractivity contribution >= 4 is 21.6 Å². The molecule has 2 aromatic carbocycles. The minimum absolute atomic E-state index is 0.0596. The third-order valence-corrected chi connectivity index (χ3v) is 4.63. The maximum absolute atomic E-state index is 13.8. The van der Waals surface area contributed by atoms with E-state index in [9.17, 15) is 17.6 Å². The summed E-state index contributed by atoms with van der Waals surface area (Å²) in [6.07, 6.45) is 0. The molecule has 0 aliphatic carbocycles. The Kier molecular flexibility index (Phi) is 5.63. The number of nitrogens with one attached hydrogen (secondary N) is 2. The Hall–Kier alpha value is -2.61. The summed E-state index contributed by atoms with van der Waals surface area (Å²) in [7, 11) is -2.78. The third kappa shape index (κ3) is 4.48. The van der Waals surface area contributed by atoms with Gasteiger partial charge in [0.1, 0.15) is 0 Å². The summed E-state index contributed by atoms with van der Waals surface area (Å²) in [5, 5.41) is 2.70. The molecule has 0 bridgehead atoms. The number of halogens is 1. The van der Waals surface area contributed by atoms with Crippen LogP contribution in [0, 0.1) is 5.82 Å². The average Bonchev–Trinajstić information content (AvgIpc) is 2.54. The number of sulfonamides is 1. The first-order valence-corrected chi connectivity index (χ1v) is 8.99. The zero-order chi connectivity index (χ0) is 18.6. The van der Waals surface area contributed by atoms with E-state index in [-0.39, 0.29) is 27.9 Å². The Morgan fingerprint density at radius 1 is 1.16 bits per heavy atom. The van der Waals surface area contributed by atoms with Gasteiger partial charge in [0.05, 0.1) is 23.3 Å². The van der Waals surface area contributed by atoms with Crippen LogP contribution >= 0.6 is 0 Å². The first-order chi connectivity index (χ1) is 11.7. The second kappa shape index (κ2) is 7.52. The molecule has 0 atom stereocenters. The quantitative estimate of drug-likeness (QED) is 0.823. The summed E-state index contributed by atoms with van der Waals surface area (Å²) in [6, 6.07) is 9.39. The van der Waals surface area contributed by atoms with Gasteiger partial charge in [0.15, 0.2) is 11.6 Å². The third-order valence-electron chi connectivity index (χ3n) is 3.27. The van der Waals surface area contributed by atoms with Crippen molar-refractivity contribution in [3.8, 4) is 5.75 Å². The minimum atomic E-state index is -4.07. The SMILES string of the molecule is COc1ccc(S(=O)(=O)Nc2ccccc2C(=O)NC(C)C)cc1F. The van der Waals surface area contributed by atoms with Crippen LogP contribution in [0.15, 0.2) is 47.4 Å². The van der Waals surface area contributed by atoms with Crippen molar-refractivity contribution in [3.63, 3.8) is 0 Å². The van der Waals surface area contributed by atoms with E-state index in [4.69, 9.17) is 4.74 Å². The topological polar surface area (TPSA) is 84.5 Å². The Labute approximate surface area is 146 Å². The second-order valence-corrected chi connectivity index (χ2v) is 7.26. The molecule has 0 heterocycles. The van der Waals surface area contributed by atoms with Crippen molar-refractivity contribution < 1.29 is 22.3 Å². The number of anilines is 1. The summed E-state index contributed by atoms with van der Waals surface area (Å²) in [5.74, 6) is -1.26. The van der Waals surface area contributed by atoms with Gasteiger partial charge in [-0.25, -0.2) is 12.8 Å². The molecule has 2 rings (SSSR count). The van der Waals surface area contributed by atoms with Gasteiger partial charge in [-0.3, -0.25) is 9.52 Å². The van der Waals surface area contributed by atoms with Gasteiger partial charge in [0, 0.05) is 6.04 Å². The Bertz CT molecular complexity index is 882. The molecule has 0 saturated heterocycles. The lowest BCUT2D eigenvalue weighted by atomic mass is 10.1. The highest BCUT2D eigenvalue weighted by Gasteiger charge is 2.20. The highest BCUT2D eigenvalue weighted by atomic mass is 32.2. The smallest absolute Gasteiger partial charge is 0.262 e. The number of para-hydroxylation sites is 1. The summed E-state index contributed by atoms with van der Waals surface area (Å²) >= 11 is 0. The molecule has 0 radical (unpaired) electrons. The van der Waals surface area contributed by atoms with E-state index in [0.717, 1.165) is 6.07 Å². The van der Waals surface area contributed by atoms with E-state index < -0.39 is 21.7 Å². The van der Waals surface area contributed by atoms with Crippen molar-refractivity contribution in [2.45, 2.75) is 24.8 Å². The summed E-state index contributed by atoms with van der Waals surface area (Å²) in [4.78, 5) is 11.9. The molecule has 0 saturated carbocycles. The van der Waals surface area contributed by atoms with E-state index in [1.807, 2.05) is 0 Å². The van der Waals surface area contributed by atoms with Gasteiger partial charge in [-0.2, -0.15) is 0 Å². The summed E-state index contributed by atoms with van der Waals surface area (Å²) in [5.41, 5.74) is 0.283. The van der Waals surface area contributed by atoms with Gasteiger partial charge in [-0.1, -0.05) is 12.1 Å². The van der Waals surface area contributed by atoms with Crippen LogP contribution < -0.4 is 14.8 Å². The molecule has 25 heavy (non-hydrogen) atoms. The Morgan fingerprint density at radius 2 is 1.84 bits per heavy atom. The predicted molar refractivity (Wildman–Crippen MR) is 92.8 cm³/mol. The van der Waals surface area contributed by atoms with E-state index in [2.05, 4.69) is 10.0 Å². The van der Waals surface area contributed by atoms with Gasteiger partial charge >= 0.3 is 0 Å². The number of carbonyl (C=O) groups is 1. The van der Waals surface area contributed by atoms with Crippen molar-refractivity contribution in [3.05, 3.63) is 53.8 Å². The molecule has 0 aliphatic rings. The lowest BCUT2D eigenvalue weighted by molar-refractivity contribution is 0.0944. The maximum atomic E-state index is 13.8. The van der Waals surface area contributed by atoms with Crippen LogP contribution in [0.4, 0.5) is 10.1 Å². The summed E-state index contributed by atoms with van der Waals surface area (Å²) < 4.78 is 45.9. The van der Waals surface area contributed by atoms with Crippen LogP contribution in [0.2, 0.25) is 0 Å². The van der Waals surface area contributed by atoms with Crippen LogP contribution in [0.5, 0.6) is 5.75 Å². The Morgan fingerprint density at radius 3 is 2.44 bits per heavy atom. The highest BCUT2D eigenvalue weighted by molar-refractivity contribution is 7.92. The molecule has 0 fully saturated rings. The van der Waals surface area contributed by atoms with Gasteiger partial charge in [-0.15, -0.1) is 0 Å². The summed E-state index contributed by atoms with van der Waals surface area (Å²) in [6.45, 7) is 3.59. The van der Waals surface area contributed by atoms with Crippen LogP contribution in [-0.4, -0.2) is 27.5 Å². The number of amides is 1. The van der Waals surface area contributed by atoms with Crippen molar-refractivity contribution in [2.75, 3.05) is 11.8 Å². The minimum Gasteiger partial charge on any atom is -0.494 e. The maximum Gasteiger partial charge on any atom is 0.262 e. The van der Waals surface area contributed by atoms with Gasteiger partial charge in [-0.05, 0) is 44.2 Å². The molecule has 2 aromatic rings. The first kappa shape index (κ1) is 18.7. The second-order valence-electron chi connectivity index (χ2n) is 5.58. The van der Waals surface area contributed by atoms with Crippen molar-refractivity contribution in [1.29, 1.82) is 0 Å². The monoisotopic (exact) mass is 366 g/mol. The molecule has 1 amide bonds. The van der Waals surface area contributed by atoms with Gasteiger partial charge < -0.3 is 10.1 Å². The molecule has 6 nitrogen and oxygen atoms in total. The largest absolute Gasteiger partial charge is 0.494 e. The number of carbonyl (C=O) groups excluding carboxylic acids is 1.